The molecule has 2 saturated carbocycles. The van der Waals surface area contributed by atoms with Crippen molar-refractivity contribution >= 4 is 16.6 Å². The third-order valence-electron chi connectivity index (χ3n) is 9.77. The van der Waals surface area contributed by atoms with E-state index in [1.165, 1.54) is 43.2 Å². The number of nitro groups is 1. The van der Waals surface area contributed by atoms with Crippen molar-refractivity contribution in [2.24, 2.45) is 34.5 Å². The predicted molar refractivity (Wildman–Crippen MR) is 135 cm³/mol. The second kappa shape index (κ2) is 8.18. The highest BCUT2D eigenvalue weighted by Crippen LogP contribution is 2.62. The summed E-state index contributed by atoms with van der Waals surface area (Å²) in [4.78, 5) is 11.8. The van der Waals surface area contributed by atoms with Crippen LogP contribution in [-0.4, -0.2) is 16.3 Å². The fourth-order valence-corrected chi connectivity index (χ4v) is 7.87. The lowest BCUT2D eigenvalue weighted by atomic mass is 9.46. The average molecular weight is 450 g/mol. The molecule has 1 N–H and O–H groups in total. The Morgan fingerprint density at radius 3 is 2.76 bits per heavy atom. The molecule has 0 saturated heterocycles. The molecule has 1 aromatic carbocycles. The van der Waals surface area contributed by atoms with Gasteiger partial charge in [-0.15, -0.1) is 0 Å². The topological polar surface area (TPSA) is 60.1 Å². The third-order valence-corrected chi connectivity index (χ3v) is 9.77. The van der Waals surface area contributed by atoms with E-state index in [9.17, 15) is 10.1 Å². The summed E-state index contributed by atoms with van der Waals surface area (Å²) in [7, 11) is 0. The molecule has 0 amide bonds. The summed E-state index contributed by atoms with van der Waals surface area (Å²) in [5.41, 5.74) is 2.20. The van der Waals surface area contributed by atoms with Crippen LogP contribution >= 0.6 is 0 Å². The summed E-state index contributed by atoms with van der Waals surface area (Å²) in [5.74, 6) is 3.56. The number of nitrogens with zero attached hydrogens (tertiary/aromatic N) is 2. The van der Waals surface area contributed by atoms with Crippen molar-refractivity contribution in [3.63, 3.8) is 0 Å². The monoisotopic (exact) mass is 449 g/mol. The van der Waals surface area contributed by atoms with Crippen LogP contribution in [0, 0.1) is 44.6 Å². The minimum Gasteiger partial charge on any atom is -0.366 e. The molecule has 2 unspecified atom stereocenters. The number of allylic oxidation sites excluding steroid dienone is 2. The first kappa shape index (κ1) is 22.5. The molecule has 5 nitrogen and oxygen atoms in total. The maximum atomic E-state index is 11.8. The first-order valence-corrected chi connectivity index (χ1v) is 12.9. The lowest BCUT2D eigenvalue weighted by molar-refractivity contribution is -0.539. The second-order valence-corrected chi connectivity index (χ2v) is 11.9. The summed E-state index contributed by atoms with van der Waals surface area (Å²) in [6, 6.07) is 7.82. The van der Waals surface area contributed by atoms with E-state index in [4.69, 9.17) is 0 Å². The average Bonchev–Trinajstić information content (AvgIpc) is 3.16. The van der Waals surface area contributed by atoms with E-state index in [0.717, 1.165) is 35.6 Å². The van der Waals surface area contributed by atoms with Crippen LogP contribution < -0.4 is 5.32 Å². The summed E-state index contributed by atoms with van der Waals surface area (Å²) in [6.45, 7) is 10.5. The van der Waals surface area contributed by atoms with Crippen LogP contribution in [0.25, 0.3) is 10.8 Å². The maximum Gasteiger partial charge on any atom is 0.181 e. The number of rotatable bonds is 5. The van der Waals surface area contributed by atoms with Crippen molar-refractivity contribution in [1.29, 1.82) is 0 Å². The molecule has 0 spiro atoms. The van der Waals surface area contributed by atoms with Gasteiger partial charge in [-0.25, -0.2) is 10.1 Å². The fraction of sp³-hybridized carbons (Fsp3) is 0.643. The number of hydrogen-bond acceptors (Lipinski definition) is 3. The molecule has 3 aliphatic carbocycles. The molecule has 178 valence electrons. The zero-order chi connectivity index (χ0) is 23.4. The van der Waals surface area contributed by atoms with Crippen LogP contribution in [0.3, 0.4) is 0 Å². The Morgan fingerprint density at radius 2 is 2.00 bits per heavy atom. The quantitative estimate of drug-likeness (QED) is 0.296. The van der Waals surface area contributed by atoms with Gasteiger partial charge in [0.2, 0.25) is 0 Å². The van der Waals surface area contributed by atoms with E-state index in [-0.39, 0.29) is 10.4 Å². The first-order chi connectivity index (χ1) is 15.7. The van der Waals surface area contributed by atoms with Gasteiger partial charge in [-0.2, -0.15) is 0 Å². The lowest BCUT2D eigenvalue weighted by Crippen LogP contribution is -2.53. The van der Waals surface area contributed by atoms with E-state index in [2.05, 4.69) is 39.1 Å². The van der Waals surface area contributed by atoms with Gasteiger partial charge in [0.15, 0.2) is 10.9 Å². The molecular weight excluding hydrogens is 410 g/mol. The van der Waals surface area contributed by atoms with E-state index >= 15 is 0 Å². The molecule has 5 heteroatoms. The lowest BCUT2D eigenvalue weighted by Gasteiger charge is -2.59. The van der Waals surface area contributed by atoms with E-state index in [1.807, 2.05) is 24.3 Å². The molecule has 0 aliphatic heterocycles. The fourth-order valence-electron chi connectivity index (χ4n) is 7.87. The smallest absolute Gasteiger partial charge is 0.181 e. The van der Waals surface area contributed by atoms with Crippen molar-refractivity contribution in [2.45, 2.75) is 72.6 Å². The Labute approximate surface area is 197 Å². The zero-order valence-corrected chi connectivity index (χ0v) is 20.6. The van der Waals surface area contributed by atoms with E-state index in [0.29, 0.717) is 23.1 Å². The highest BCUT2D eigenvalue weighted by atomic mass is 16.7. The molecule has 1 aromatic heterocycles. The minimum atomic E-state index is -0.321. The predicted octanol–water partition coefficient (Wildman–Crippen LogP) is 7.31. The molecule has 5 atom stereocenters. The van der Waals surface area contributed by atoms with Crippen molar-refractivity contribution in [3.8, 4) is 0 Å². The van der Waals surface area contributed by atoms with Crippen molar-refractivity contribution < 1.29 is 5.03 Å². The van der Waals surface area contributed by atoms with Crippen LogP contribution in [0.4, 0.5) is 5.82 Å². The number of nitrogens with one attached hydrogen (secondary N) is 1. The number of aromatic nitrogens is 1. The Kier molecular flexibility index (Phi) is 5.57. The number of benzene rings is 1. The van der Waals surface area contributed by atoms with Gasteiger partial charge >= 0.3 is 0 Å². The summed E-state index contributed by atoms with van der Waals surface area (Å²) >= 11 is 0. The highest BCUT2D eigenvalue weighted by molar-refractivity contribution is 5.93. The molecular formula is C28H39N3O2. The first-order valence-electron chi connectivity index (χ1n) is 12.9. The highest BCUT2D eigenvalue weighted by Gasteiger charge is 2.54. The molecule has 5 rings (SSSR count). The molecule has 0 bridgehead atoms. The van der Waals surface area contributed by atoms with Gasteiger partial charge in [-0.3, -0.25) is 0 Å². The normalized spacial score (nSPS) is 34.0. The summed E-state index contributed by atoms with van der Waals surface area (Å²) in [5, 5.41) is 16.8. The van der Waals surface area contributed by atoms with Gasteiger partial charge in [0, 0.05) is 17.3 Å². The number of fused-ring (bicyclic) bond motifs is 4. The minimum absolute atomic E-state index is 0.122. The van der Waals surface area contributed by atoms with Gasteiger partial charge in [-0.05, 0) is 73.0 Å². The van der Waals surface area contributed by atoms with Crippen LogP contribution in [0.1, 0.15) is 72.6 Å². The van der Waals surface area contributed by atoms with Crippen LogP contribution in [0.5, 0.6) is 0 Å². The standard InChI is InChI=1S/C28H39N3O2/c1-19(2)20-10-12-24-21(16-20)11-13-25-27(3,14-7-15-28(24,25)4)18-29-26-23-9-6-5-8-22(23)17-30(26)31(32)33/h5-6,8-9,11,17,19-20,24-25,29H,7,10,12-16,18H2,1-4H3/t20?,24-,25?,27-,28-/m1/s1. The summed E-state index contributed by atoms with van der Waals surface area (Å²) in [6.07, 6.45) is 13.1. The third kappa shape index (κ3) is 3.68. The second-order valence-electron chi connectivity index (χ2n) is 11.9. The Balaban J connectivity index is 1.42. The molecule has 0 radical (unpaired) electrons. The number of hydrogen-bond donors (Lipinski definition) is 1. The largest absolute Gasteiger partial charge is 0.366 e. The Hall–Kier alpha value is -2.30. The van der Waals surface area contributed by atoms with Crippen molar-refractivity contribution in [1.82, 2.24) is 4.68 Å². The number of anilines is 1. The van der Waals surface area contributed by atoms with Gasteiger partial charge in [0.25, 0.3) is 0 Å². The van der Waals surface area contributed by atoms with Crippen LogP contribution in [-0.2, 0) is 0 Å². The van der Waals surface area contributed by atoms with Gasteiger partial charge in [0.1, 0.15) is 0 Å². The van der Waals surface area contributed by atoms with Crippen LogP contribution in [0.2, 0.25) is 0 Å². The van der Waals surface area contributed by atoms with E-state index in [1.54, 1.807) is 11.8 Å². The van der Waals surface area contributed by atoms with Gasteiger partial charge in [-0.1, -0.05) is 74.7 Å². The molecule has 2 aromatic rings. The molecule has 3 aliphatic rings. The molecule has 1 heterocycles. The van der Waals surface area contributed by atoms with Crippen LogP contribution in [0.15, 0.2) is 42.1 Å². The molecule has 33 heavy (non-hydrogen) atoms. The van der Waals surface area contributed by atoms with Gasteiger partial charge < -0.3 is 5.32 Å². The Bertz CT molecular complexity index is 1090. The van der Waals surface area contributed by atoms with E-state index < -0.39 is 0 Å². The zero-order valence-electron chi connectivity index (χ0n) is 20.6. The molecule has 2 fully saturated rings. The van der Waals surface area contributed by atoms with Crippen molar-refractivity contribution in [2.75, 3.05) is 11.9 Å². The SMILES string of the molecule is CC(C)C1CC[C@@H]2C(=CCC3[C@@](C)(CNc4c5ccccc5cn4[N+](=O)[O-])CCC[C@@]32C)C1. The van der Waals surface area contributed by atoms with Gasteiger partial charge in [0.05, 0.1) is 6.20 Å². The Morgan fingerprint density at radius 1 is 1.21 bits per heavy atom. The summed E-state index contributed by atoms with van der Waals surface area (Å²) < 4.78 is 1.17. The van der Waals surface area contributed by atoms with Crippen molar-refractivity contribution in [3.05, 3.63) is 52.2 Å². The maximum absolute atomic E-state index is 11.8.